The van der Waals surface area contributed by atoms with Crippen LogP contribution in [0.5, 0.6) is 0 Å². The molecule has 2 aromatic rings. The first kappa shape index (κ1) is 16.1. The molecule has 0 radical (unpaired) electrons. The van der Waals surface area contributed by atoms with Crippen LogP contribution in [0.3, 0.4) is 0 Å². The molecule has 4 rings (SSSR count). The number of ether oxygens (including phenoxy) is 1. The Balaban J connectivity index is 1.39. The largest absolute Gasteiger partial charge is 0.376 e. The Morgan fingerprint density at radius 3 is 3.12 bits per heavy atom. The van der Waals surface area contributed by atoms with E-state index in [4.69, 9.17) is 4.74 Å². The molecule has 2 unspecified atom stereocenters. The number of hydrogen-bond donors (Lipinski definition) is 2. The van der Waals surface area contributed by atoms with E-state index in [2.05, 4.69) is 20.4 Å². The van der Waals surface area contributed by atoms with Gasteiger partial charge in [-0.3, -0.25) is 4.68 Å². The van der Waals surface area contributed by atoms with Crippen molar-refractivity contribution in [2.45, 2.75) is 50.8 Å². The maximum atomic E-state index is 12.7. The second-order valence-electron chi connectivity index (χ2n) is 6.70. The third-order valence-electron chi connectivity index (χ3n) is 4.90. The van der Waals surface area contributed by atoms with Crippen LogP contribution in [-0.4, -0.2) is 49.9 Å². The summed E-state index contributed by atoms with van der Waals surface area (Å²) in [5, 5.41) is 7.30. The van der Waals surface area contributed by atoms with Gasteiger partial charge in [0.1, 0.15) is 5.82 Å². The molecule has 134 valence electrons. The van der Waals surface area contributed by atoms with Gasteiger partial charge in [-0.05, 0) is 32.1 Å². The summed E-state index contributed by atoms with van der Waals surface area (Å²) in [5.41, 5.74) is 0.715. The Kier molecular flexibility index (Phi) is 4.69. The Bertz CT molecular complexity index is 692. The molecule has 0 bridgehead atoms. The molecule has 2 aromatic heterocycles. The zero-order valence-corrected chi connectivity index (χ0v) is 14.2. The van der Waals surface area contributed by atoms with Crippen LogP contribution >= 0.6 is 0 Å². The quantitative estimate of drug-likeness (QED) is 0.892. The highest BCUT2D eigenvalue weighted by atomic mass is 16.5. The lowest BCUT2D eigenvalue weighted by molar-refractivity contribution is 0.0940. The van der Waals surface area contributed by atoms with Gasteiger partial charge in [-0.2, -0.15) is 5.10 Å². The lowest BCUT2D eigenvalue weighted by Crippen LogP contribution is -2.41. The van der Waals surface area contributed by atoms with E-state index in [-0.39, 0.29) is 18.2 Å². The number of carbonyl (C=O) groups excluding carboxylic acids is 1. The molecule has 2 amide bonds. The van der Waals surface area contributed by atoms with Crippen molar-refractivity contribution >= 4 is 11.7 Å². The molecule has 2 N–H and O–H groups in total. The van der Waals surface area contributed by atoms with E-state index in [9.17, 15) is 4.79 Å². The van der Waals surface area contributed by atoms with Gasteiger partial charge in [-0.15, -0.1) is 0 Å². The molecule has 2 aliphatic rings. The van der Waals surface area contributed by atoms with E-state index in [1.165, 1.54) is 0 Å². The molecule has 2 fully saturated rings. The van der Waals surface area contributed by atoms with Gasteiger partial charge < -0.3 is 19.9 Å². The Morgan fingerprint density at radius 1 is 1.36 bits per heavy atom. The number of nitrogens with one attached hydrogen (secondary N) is 2. The molecule has 0 spiro atoms. The number of rotatable bonds is 4. The minimum absolute atomic E-state index is 0.00526. The summed E-state index contributed by atoms with van der Waals surface area (Å²) in [6.07, 6.45) is 12.6. The number of aromatic amines is 1. The topological polar surface area (TPSA) is 88.1 Å². The van der Waals surface area contributed by atoms with Crippen LogP contribution in [0, 0.1) is 0 Å². The van der Waals surface area contributed by atoms with E-state index in [1.807, 2.05) is 15.8 Å². The predicted molar refractivity (Wildman–Crippen MR) is 92.1 cm³/mol. The third-order valence-corrected chi connectivity index (χ3v) is 4.90. The summed E-state index contributed by atoms with van der Waals surface area (Å²) >= 11 is 0. The molecule has 25 heavy (non-hydrogen) atoms. The summed E-state index contributed by atoms with van der Waals surface area (Å²) < 4.78 is 7.47. The van der Waals surface area contributed by atoms with Crippen molar-refractivity contribution in [1.82, 2.24) is 24.6 Å². The molecule has 0 aliphatic carbocycles. The van der Waals surface area contributed by atoms with Crippen LogP contribution in [0.25, 0.3) is 0 Å². The number of piperidine rings is 1. The first-order valence-corrected chi connectivity index (χ1v) is 9.00. The average molecular weight is 344 g/mol. The highest BCUT2D eigenvalue weighted by Crippen LogP contribution is 2.29. The van der Waals surface area contributed by atoms with Gasteiger partial charge in [0.2, 0.25) is 0 Å². The van der Waals surface area contributed by atoms with Crippen LogP contribution in [0.4, 0.5) is 10.5 Å². The molecule has 8 heteroatoms. The number of carbonyl (C=O) groups is 1. The molecule has 0 aromatic carbocycles. The van der Waals surface area contributed by atoms with Crippen molar-refractivity contribution in [3.8, 4) is 0 Å². The normalized spacial score (nSPS) is 23.8. The van der Waals surface area contributed by atoms with Gasteiger partial charge in [0.15, 0.2) is 0 Å². The smallest absolute Gasteiger partial charge is 0.322 e. The monoisotopic (exact) mass is 344 g/mol. The first-order valence-electron chi connectivity index (χ1n) is 9.00. The van der Waals surface area contributed by atoms with Crippen LogP contribution in [0.2, 0.25) is 0 Å². The summed E-state index contributed by atoms with van der Waals surface area (Å²) in [6, 6.07) is -0.0940. The number of anilines is 1. The van der Waals surface area contributed by atoms with Gasteiger partial charge >= 0.3 is 6.03 Å². The average Bonchev–Trinajstić information content (AvgIpc) is 3.38. The molecular formula is C17H24N6O2. The van der Waals surface area contributed by atoms with Crippen LogP contribution in [0.1, 0.15) is 44.0 Å². The van der Waals surface area contributed by atoms with Gasteiger partial charge in [-0.25, -0.2) is 9.78 Å². The molecular weight excluding hydrogens is 320 g/mol. The predicted octanol–water partition coefficient (Wildman–Crippen LogP) is 2.54. The van der Waals surface area contributed by atoms with Gasteiger partial charge in [-0.1, -0.05) is 0 Å². The number of imidazole rings is 1. The zero-order valence-electron chi connectivity index (χ0n) is 14.2. The third kappa shape index (κ3) is 3.68. The minimum Gasteiger partial charge on any atom is -0.376 e. The van der Waals surface area contributed by atoms with Crippen LogP contribution < -0.4 is 5.32 Å². The SMILES string of the molecule is O=C(Nc1cnn(CC2CCCO2)c1)N1CCCCC1c1ncc[nH]1. The van der Waals surface area contributed by atoms with Crippen molar-refractivity contribution in [2.24, 2.45) is 0 Å². The standard InChI is InChI=1S/C17H24N6O2/c24-17(23-8-2-1-5-15(23)16-18-6-7-19-16)21-13-10-20-22(11-13)12-14-4-3-9-25-14/h6-7,10-11,14-15H,1-5,8-9,12H2,(H,18,19)(H,21,24). The van der Waals surface area contributed by atoms with Gasteiger partial charge in [0.25, 0.3) is 0 Å². The summed E-state index contributed by atoms with van der Waals surface area (Å²) in [5.74, 6) is 0.851. The highest BCUT2D eigenvalue weighted by Gasteiger charge is 2.29. The van der Waals surface area contributed by atoms with E-state index < -0.39 is 0 Å². The van der Waals surface area contributed by atoms with Crippen molar-refractivity contribution in [2.75, 3.05) is 18.5 Å². The molecule has 4 heterocycles. The number of urea groups is 1. The van der Waals surface area contributed by atoms with Crippen molar-refractivity contribution in [3.63, 3.8) is 0 Å². The number of amides is 2. The van der Waals surface area contributed by atoms with Gasteiger partial charge in [0, 0.05) is 31.7 Å². The number of hydrogen-bond acceptors (Lipinski definition) is 4. The number of nitrogens with zero attached hydrogens (tertiary/aromatic N) is 4. The zero-order chi connectivity index (χ0) is 17.1. The van der Waals surface area contributed by atoms with Crippen molar-refractivity contribution in [3.05, 3.63) is 30.6 Å². The van der Waals surface area contributed by atoms with Crippen LogP contribution in [-0.2, 0) is 11.3 Å². The second-order valence-corrected chi connectivity index (χ2v) is 6.70. The maximum Gasteiger partial charge on any atom is 0.322 e. The maximum absolute atomic E-state index is 12.7. The van der Waals surface area contributed by atoms with E-state index in [1.54, 1.807) is 18.6 Å². The lowest BCUT2D eigenvalue weighted by Gasteiger charge is -2.34. The summed E-state index contributed by atoms with van der Waals surface area (Å²) in [4.78, 5) is 22.1. The molecule has 2 saturated heterocycles. The van der Waals surface area contributed by atoms with Gasteiger partial charge in [0.05, 0.1) is 30.6 Å². The van der Waals surface area contributed by atoms with Crippen molar-refractivity contribution in [1.29, 1.82) is 0 Å². The molecule has 2 aliphatic heterocycles. The fourth-order valence-electron chi connectivity index (χ4n) is 3.64. The summed E-state index contributed by atoms with van der Waals surface area (Å²) in [6.45, 7) is 2.30. The number of H-pyrrole nitrogens is 1. The van der Waals surface area contributed by atoms with E-state index in [0.29, 0.717) is 5.69 Å². The number of aromatic nitrogens is 4. The Labute approximate surface area is 146 Å². The fourth-order valence-corrected chi connectivity index (χ4v) is 3.64. The van der Waals surface area contributed by atoms with Crippen molar-refractivity contribution < 1.29 is 9.53 Å². The van der Waals surface area contributed by atoms with Crippen LogP contribution in [0.15, 0.2) is 24.8 Å². The lowest BCUT2D eigenvalue weighted by atomic mass is 10.0. The fraction of sp³-hybridized carbons (Fsp3) is 0.588. The number of likely N-dealkylation sites (tertiary alicyclic amines) is 1. The Morgan fingerprint density at radius 2 is 2.32 bits per heavy atom. The second kappa shape index (κ2) is 7.26. The highest BCUT2D eigenvalue weighted by molar-refractivity contribution is 5.89. The first-order chi connectivity index (χ1) is 12.3. The summed E-state index contributed by atoms with van der Waals surface area (Å²) in [7, 11) is 0. The minimum atomic E-state index is -0.0993. The Hall–Kier alpha value is -2.35. The van der Waals surface area contributed by atoms with E-state index >= 15 is 0 Å². The van der Waals surface area contributed by atoms with E-state index in [0.717, 1.165) is 57.6 Å². The molecule has 2 atom stereocenters. The molecule has 0 saturated carbocycles. The molecule has 8 nitrogen and oxygen atoms in total.